The highest BCUT2D eigenvalue weighted by molar-refractivity contribution is 5.98. The molecule has 1 aliphatic heterocycles. The van der Waals surface area contributed by atoms with E-state index in [1.165, 1.54) is 0 Å². The zero-order valence-corrected chi connectivity index (χ0v) is 13.2. The summed E-state index contributed by atoms with van der Waals surface area (Å²) in [6, 6.07) is 15.8. The van der Waals surface area contributed by atoms with Crippen LogP contribution in [0.2, 0.25) is 0 Å². The number of nitrogens with one attached hydrogen (secondary N) is 1. The average Bonchev–Trinajstić information content (AvgIpc) is 2.59. The second-order valence-corrected chi connectivity index (χ2v) is 5.62. The molecule has 1 N–H and O–H groups in total. The summed E-state index contributed by atoms with van der Waals surface area (Å²) in [5.41, 5.74) is 2.91. The number of para-hydroxylation sites is 1. The molecule has 0 radical (unpaired) electrons. The van der Waals surface area contributed by atoms with Gasteiger partial charge in [-0.25, -0.2) is 0 Å². The predicted octanol–water partition coefficient (Wildman–Crippen LogP) is 3.56. The number of fused-ring (bicyclic) bond motifs is 1. The maximum Gasteiger partial charge on any atom is 0.253 e. The third-order valence-electron chi connectivity index (χ3n) is 3.82. The number of anilines is 1. The molecule has 0 fully saturated rings. The number of ether oxygens (including phenoxy) is 2. The SMILES string of the molecule is CCCOC1Cc2cccc(OCc3ccccc3)c2NC1=O. The van der Waals surface area contributed by atoms with Gasteiger partial charge >= 0.3 is 0 Å². The highest BCUT2D eigenvalue weighted by Gasteiger charge is 2.28. The van der Waals surface area contributed by atoms with Crippen LogP contribution in [-0.2, 0) is 22.6 Å². The molecule has 1 atom stereocenters. The van der Waals surface area contributed by atoms with Crippen LogP contribution >= 0.6 is 0 Å². The molecule has 2 aromatic rings. The molecule has 23 heavy (non-hydrogen) atoms. The van der Waals surface area contributed by atoms with E-state index in [0.29, 0.717) is 25.4 Å². The van der Waals surface area contributed by atoms with Crippen molar-refractivity contribution in [1.82, 2.24) is 0 Å². The van der Waals surface area contributed by atoms with E-state index < -0.39 is 6.10 Å². The molecule has 3 rings (SSSR count). The molecular formula is C19H21NO3. The Hall–Kier alpha value is -2.33. The molecule has 1 aliphatic rings. The minimum Gasteiger partial charge on any atom is -0.487 e. The second-order valence-electron chi connectivity index (χ2n) is 5.62. The Morgan fingerprint density at radius 2 is 1.96 bits per heavy atom. The lowest BCUT2D eigenvalue weighted by molar-refractivity contribution is -0.127. The van der Waals surface area contributed by atoms with Gasteiger partial charge in [-0.1, -0.05) is 49.4 Å². The monoisotopic (exact) mass is 311 g/mol. The van der Waals surface area contributed by atoms with Gasteiger partial charge in [-0.2, -0.15) is 0 Å². The van der Waals surface area contributed by atoms with E-state index in [1.807, 2.05) is 55.5 Å². The number of hydrogen-bond donors (Lipinski definition) is 1. The van der Waals surface area contributed by atoms with E-state index in [9.17, 15) is 4.79 Å². The lowest BCUT2D eigenvalue weighted by Gasteiger charge is -2.26. The number of hydrogen-bond acceptors (Lipinski definition) is 3. The largest absolute Gasteiger partial charge is 0.487 e. The van der Waals surface area contributed by atoms with E-state index in [0.717, 1.165) is 23.2 Å². The predicted molar refractivity (Wildman–Crippen MR) is 89.6 cm³/mol. The molecule has 0 aromatic heterocycles. The lowest BCUT2D eigenvalue weighted by Crippen LogP contribution is -2.37. The molecule has 0 saturated heterocycles. The molecule has 0 spiro atoms. The van der Waals surface area contributed by atoms with Crippen molar-refractivity contribution in [3.8, 4) is 5.75 Å². The third-order valence-corrected chi connectivity index (χ3v) is 3.82. The molecule has 1 amide bonds. The molecule has 4 nitrogen and oxygen atoms in total. The van der Waals surface area contributed by atoms with Gasteiger partial charge in [0.1, 0.15) is 18.5 Å². The van der Waals surface area contributed by atoms with Crippen LogP contribution in [-0.4, -0.2) is 18.6 Å². The van der Waals surface area contributed by atoms with Crippen molar-refractivity contribution in [2.45, 2.75) is 32.5 Å². The van der Waals surface area contributed by atoms with Crippen LogP contribution in [0.5, 0.6) is 5.75 Å². The standard InChI is InChI=1S/C19H21NO3/c1-2-11-22-17-12-15-9-6-10-16(18(15)20-19(17)21)23-13-14-7-4-3-5-8-14/h3-10,17H,2,11-13H2,1H3,(H,20,21). The Balaban J connectivity index is 1.73. The van der Waals surface area contributed by atoms with Gasteiger partial charge in [-0.05, 0) is 23.6 Å². The van der Waals surface area contributed by atoms with Crippen LogP contribution in [0.1, 0.15) is 24.5 Å². The van der Waals surface area contributed by atoms with E-state index in [-0.39, 0.29) is 5.91 Å². The first-order valence-corrected chi connectivity index (χ1v) is 7.99. The summed E-state index contributed by atoms with van der Waals surface area (Å²) in [5.74, 6) is 0.607. The van der Waals surface area contributed by atoms with Gasteiger partial charge in [-0.3, -0.25) is 4.79 Å². The van der Waals surface area contributed by atoms with E-state index in [4.69, 9.17) is 9.47 Å². The van der Waals surface area contributed by atoms with Crippen LogP contribution in [0.4, 0.5) is 5.69 Å². The Morgan fingerprint density at radius 1 is 1.13 bits per heavy atom. The first-order chi connectivity index (χ1) is 11.3. The minimum absolute atomic E-state index is 0.0956. The summed E-state index contributed by atoms with van der Waals surface area (Å²) in [5, 5.41) is 2.93. The van der Waals surface area contributed by atoms with Crippen LogP contribution in [0.3, 0.4) is 0 Å². The van der Waals surface area contributed by atoms with E-state index in [2.05, 4.69) is 5.32 Å². The third kappa shape index (κ3) is 3.71. The number of carbonyl (C=O) groups excluding carboxylic acids is 1. The molecule has 4 heteroatoms. The fourth-order valence-corrected chi connectivity index (χ4v) is 2.64. The number of benzene rings is 2. The van der Waals surface area contributed by atoms with Gasteiger partial charge in [0.2, 0.25) is 0 Å². The van der Waals surface area contributed by atoms with E-state index >= 15 is 0 Å². The highest BCUT2D eigenvalue weighted by Crippen LogP contribution is 2.33. The normalized spacial score (nSPS) is 16.6. The molecule has 120 valence electrons. The first-order valence-electron chi connectivity index (χ1n) is 7.99. The van der Waals surface area contributed by atoms with Crippen molar-refractivity contribution in [1.29, 1.82) is 0 Å². The molecule has 0 saturated carbocycles. The van der Waals surface area contributed by atoms with Gasteiger partial charge in [-0.15, -0.1) is 0 Å². The smallest absolute Gasteiger partial charge is 0.253 e. The summed E-state index contributed by atoms with van der Waals surface area (Å²) >= 11 is 0. The molecule has 1 unspecified atom stereocenters. The summed E-state index contributed by atoms with van der Waals surface area (Å²) in [4.78, 5) is 12.2. The van der Waals surface area contributed by atoms with Gasteiger partial charge in [0.25, 0.3) is 5.91 Å². The van der Waals surface area contributed by atoms with Crippen LogP contribution in [0, 0.1) is 0 Å². The van der Waals surface area contributed by atoms with Crippen molar-refractivity contribution in [3.63, 3.8) is 0 Å². The molecule has 0 bridgehead atoms. The number of rotatable bonds is 6. The molecular weight excluding hydrogens is 290 g/mol. The van der Waals surface area contributed by atoms with Gasteiger partial charge in [0.05, 0.1) is 5.69 Å². The summed E-state index contributed by atoms with van der Waals surface area (Å²) in [7, 11) is 0. The van der Waals surface area contributed by atoms with E-state index in [1.54, 1.807) is 0 Å². The van der Waals surface area contributed by atoms with Crippen molar-refractivity contribution in [2.75, 3.05) is 11.9 Å². The van der Waals surface area contributed by atoms with Crippen molar-refractivity contribution >= 4 is 11.6 Å². The fourth-order valence-electron chi connectivity index (χ4n) is 2.64. The summed E-state index contributed by atoms with van der Waals surface area (Å²) in [6.45, 7) is 3.10. The van der Waals surface area contributed by atoms with Gasteiger partial charge in [0, 0.05) is 13.0 Å². The Bertz CT molecular complexity index is 670. The van der Waals surface area contributed by atoms with Crippen molar-refractivity contribution in [2.24, 2.45) is 0 Å². The summed E-state index contributed by atoms with van der Waals surface area (Å²) < 4.78 is 11.5. The summed E-state index contributed by atoms with van der Waals surface area (Å²) in [6.07, 6.45) is 1.08. The van der Waals surface area contributed by atoms with Crippen LogP contribution in [0.15, 0.2) is 48.5 Å². The lowest BCUT2D eigenvalue weighted by atomic mass is 10.00. The van der Waals surface area contributed by atoms with Gasteiger partial charge in [0.15, 0.2) is 0 Å². The first kappa shape index (κ1) is 15.6. The quantitative estimate of drug-likeness (QED) is 0.887. The topological polar surface area (TPSA) is 47.6 Å². The number of carbonyl (C=O) groups is 1. The zero-order valence-electron chi connectivity index (χ0n) is 13.2. The number of amides is 1. The van der Waals surface area contributed by atoms with Crippen LogP contribution in [0.25, 0.3) is 0 Å². The maximum absolute atomic E-state index is 12.2. The second kappa shape index (κ2) is 7.29. The fraction of sp³-hybridized carbons (Fsp3) is 0.316. The average molecular weight is 311 g/mol. The van der Waals surface area contributed by atoms with Gasteiger partial charge < -0.3 is 14.8 Å². The zero-order chi connectivity index (χ0) is 16.1. The maximum atomic E-state index is 12.2. The van der Waals surface area contributed by atoms with Crippen LogP contribution < -0.4 is 10.1 Å². The minimum atomic E-state index is -0.410. The Morgan fingerprint density at radius 3 is 2.74 bits per heavy atom. The van der Waals surface area contributed by atoms with Crippen molar-refractivity contribution in [3.05, 3.63) is 59.7 Å². The Labute approximate surface area is 136 Å². The Kier molecular flexibility index (Phi) is 4.93. The highest BCUT2D eigenvalue weighted by atomic mass is 16.5. The molecule has 2 aromatic carbocycles. The van der Waals surface area contributed by atoms with Crippen molar-refractivity contribution < 1.29 is 14.3 Å². The molecule has 0 aliphatic carbocycles. The molecule has 1 heterocycles.